The van der Waals surface area contributed by atoms with Crippen molar-refractivity contribution >= 4 is 5.91 Å². The van der Waals surface area contributed by atoms with Gasteiger partial charge in [-0.1, -0.05) is 12.1 Å². The van der Waals surface area contributed by atoms with Gasteiger partial charge in [0.15, 0.2) is 0 Å². The van der Waals surface area contributed by atoms with Crippen LogP contribution in [0.4, 0.5) is 0 Å². The van der Waals surface area contributed by atoms with E-state index in [-0.39, 0.29) is 17.7 Å². The maximum absolute atomic E-state index is 12.8. The van der Waals surface area contributed by atoms with E-state index in [2.05, 4.69) is 28.1 Å². The molecule has 1 saturated heterocycles. The lowest BCUT2D eigenvalue weighted by molar-refractivity contribution is 0.0786. The van der Waals surface area contributed by atoms with Crippen LogP contribution in [0.2, 0.25) is 0 Å². The Bertz CT molecular complexity index is 991. The Labute approximate surface area is 156 Å². The third-order valence-corrected chi connectivity index (χ3v) is 4.86. The Morgan fingerprint density at radius 3 is 2.63 bits per heavy atom. The van der Waals surface area contributed by atoms with Crippen LogP contribution in [0.25, 0.3) is 11.4 Å². The zero-order valence-corrected chi connectivity index (χ0v) is 14.7. The van der Waals surface area contributed by atoms with E-state index in [1.54, 1.807) is 41.6 Å². The average Bonchev–Trinajstić information content (AvgIpc) is 3.35. The highest BCUT2D eigenvalue weighted by molar-refractivity contribution is 5.94. The van der Waals surface area contributed by atoms with Gasteiger partial charge in [0, 0.05) is 36.6 Å². The highest BCUT2D eigenvalue weighted by Gasteiger charge is 2.37. The van der Waals surface area contributed by atoms with Crippen molar-refractivity contribution < 1.29 is 9.32 Å². The first kappa shape index (κ1) is 16.9. The summed E-state index contributed by atoms with van der Waals surface area (Å²) in [5.41, 5.74) is 1.95. The molecule has 1 fully saturated rings. The molecule has 1 amide bonds. The van der Waals surface area contributed by atoms with E-state index in [1.165, 1.54) is 0 Å². The highest BCUT2D eigenvalue weighted by Crippen LogP contribution is 2.33. The van der Waals surface area contributed by atoms with E-state index in [9.17, 15) is 4.79 Å². The minimum atomic E-state index is -0.0530. The molecule has 3 aromatic rings. The Hall–Kier alpha value is -3.53. The third-order valence-electron chi connectivity index (χ3n) is 4.86. The minimum absolute atomic E-state index is 0.00424. The molecule has 0 aliphatic carbocycles. The van der Waals surface area contributed by atoms with Gasteiger partial charge in [-0.2, -0.15) is 10.2 Å². The first-order valence-electron chi connectivity index (χ1n) is 8.69. The number of amides is 1. The summed E-state index contributed by atoms with van der Waals surface area (Å²) in [5.74, 6) is 1.22. The fraction of sp³-hybridized carbons (Fsp3) is 0.250. The molecule has 0 spiro atoms. The molecule has 1 aliphatic heterocycles. The minimum Gasteiger partial charge on any atom is -0.339 e. The van der Waals surface area contributed by atoms with E-state index in [4.69, 9.17) is 9.78 Å². The van der Waals surface area contributed by atoms with Gasteiger partial charge >= 0.3 is 0 Å². The van der Waals surface area contributed by atoms with Crippen LogP contribution >= 0.6 is 0 Å². The first-order valence-corrected chi connectivity index (χ1v) is 8.69. The predicted octanol–water partition coefficient (Wildman–Crippen LogP) is 2.88. The lowest BCUT2D eigenvalue weighted by Crippen LogP contribution is -2.28. The van der Waals surface area contributed by atoms with Gasteiger partial charge in [0.2, 0.25) is 11.7 Å². The molecule has 0 bridgehead atoms. The molecule has 134 valence electrons. The fourth-order valence-corrected chi connectivity index (χ4v) is 3.33. The van der Waals surface area contributed by atoms with E-state index >= 15 is 0 Å². The molecule has 3 heterocycles. The normalized spacial score (nSPS) is 19.0. The van der Waals surface area contributed by atoms with Gasteiger partial charge < -0.3 is 9.42 Å². The van der Waals surface area contributed by atoms with E-state index < -0.39 is 0 Å². The molecule has 1 aliphatic rings. The molecule has 4 rings (SSSR count). The number of nitriles is 1. The van der Waals surface area contributed by atoms with Crippen molar-refractivity contribution in [3.63, 3.8) is 0 Å². The summed E-state index contributed by atoms with van der Waals surface area (Å²) < 4.78 is 5.48. The lowest BCUT2D eigenvalue weighted by Gasteiger charge is -2.15. The molecule has 7 nitrogen and oxygen atoms in total. The zero-order valence-electron chi connectivity index (χ0n) is 14.7. The summed E-state index contributed by atoms with van der Waals surface area (Å²) in [4.78, 5) is 23.1. The van der Waals surface area contributed by atoms with Gasteiger partial charge in [0.1, 0.15) is 0 Å². The quantitative estimate of drug-likeness (QED) is 0.713. The standard InChI is InChI=1S/C20H17N5O2/c1-13-11-25(20(26)16-4-2-14(10-21)3-5-16)12-17(13)19-23-18(24-27-19)15-6-8-22-9-7-15/h2-9,13,17H,11-12H2,1H3/t13-,17-/m0/s1. The second-order valence-corrected chi connectivity index (χ2v) is 6.68. The highest BCUT2D eigenvalue weighted by atomic mass is 16.5. The SMILES string of the molecule is C[C@H]1CN(C(=O)c2ccc(C#N)cc2)C[C@@H]1c1nc(-c2ccncc2)no1. The predicted molar refractivity (Wildman–Crippen MR) is 96.5 cm³/mol. The number of likely N-dealkylation sites (tertiary alicyclic amines) is 1. The first-order chi connectivity index (χ1) is 13.2. The molecule has 0 saturated carbocycles. The number of hydrogen-bond donors (Lipinski definition) is 0. The number of pyridine rings is 1. The molecule has 0 N–H and O–H groups in total. The van der Waals surface area contributed by atoms with Gasteiger partial charge in [0.05, 0.1) is 17.6 Å². The molecule has 0 radical (unpaired) electrons. The zero-order chi connectivity index (χ0) is 18.8. The van der Waals surface area contributed by atoms with Crippen LogP contribution in [-0.2, 0) is 0 Å². The van der Waals surface area contributed by atoms with Gasteiger partial charge in [-0.15, -0.1) is 0 Å². The van der Waals surface area contributed by atoms with E-state index in [0.29, 0.717) is 35.9 Å². The van der Waals surface area contributed by atoms with Crippen molar-refractivity contribution in [3.05, 3.63) is 65.8 Å². The summed E-state index contributed by atoms with van der Waals surface area (Å²) in [7, 11) is 0. The smallest absolute Gasteiger partial charge is 0.253 e. The van der Waals surface area contributed by atoms with Crippen LogP contribution in [0, 0.1) is 17.2 Å². The molecule has 1 aromatic carbocycles. The summed E-state index contributed by atoms with van der Waals surface area (Å²) in [6.45, 7) is 3.22. The largest absolute Gasteiger partial charge is 0.339 e. The molecular formula is C20H17N5O2. The average molecular weight is 359 g/mol. The maximum atomic E-state index is 12.8. The third kappa shape index (κ3) is 3.29. The summed E-state index contributed by atoms with van der Waals surface area (Å²) in [6.07, 6.45) is 3.36. The number of carbonyl (C=O) groups excluding carboxylic acids is 1. The molecule has 2 atom stereocenters. The van der Waals surface area contributed by atoms with Crippen molar-refractivity contribution in [2.24, 2.45) is 5.92 Å². The Morgan fingerprint density at radius 1 is 1.19 bits per heavy atom. The van der Waals surface area contributed by atoms with E-state index in [1.807, 2.05) is 12.1 Å². The molecular weight excluding hydrogens is 342 g/mol. The number of aromatic nitrogens is 3. The molecule has 2 aromatic heterocycles. The van der Waals surface area contributed by atoms with Crippen LogP contribution in [0.1, 0.15) is 34.7 Å². The van der Waals surface area contributed by atoms with Crippen molar-refractivity contribution in [1.82, 2.24) is 20.0 Å². The van der Waals surface area contributed by atoms with Gasteiger partial charge in [-0.3, -0.25) is 9.78 Å². The fourth-order valence-electron chi connectivity index (χ4n) is 3.33. The lowest BCUT2D eigenvalue weighted by atomic mass is 9.98. The van der Waals surface area contributed by atoms with Crippen LogP contribution in [0.5, 0.6) is 0 Å². The maximum Gasteiger partial charge on any atom is 0.253 e. The Morgan fingerprint density at radius 2 is 1.93 bits per heavy atom. The molecule has 0 unspecified atom stereocenters. The van der Waals surface area contributed by atoms with E-state index in [0.717, 1.165) is 5.56 Å². The van der Waals surface area contributed by atoms with Crippen LogP contribution in [0.3, 0.4) is 0 Å². The number of benzene rings is 1. The number of rotatable bonds is 3. The Kier molecular flexibility index (Phi) is 4.38. The Balaban J connectivity index is 1.51. The van der Waals surface area contributed by atoms with Gasteiger partial charge in [-0.05, 0) is 42.3 Å². The monoisotopic (exact) mass is 359 g/mol. The molecule has 27 heavy (non-hydrogen) atoms. The second kappa shape index (κ2) is 7.00. The van der Waals surface area contributed by atoms with Crippen molar-refractivity contribution in [3.8, 4) is 17.5 Å². The van der Waals surface area contributed by atoms with Crippen molar-refractivity contribution in [2.75, 3.05) is 13.1 Å². The summed E-state index contributed by atoms with van der Waals surface area (Å²) in [5, 5.41) is 13.0. The van der Waals surface area contributed by atoms with Crippen molar-refractivity contribution in [2.45, 2.75) is 12.8 Å². The van der Waals surface area contributed by atoms with Crippen molar-refractivity contribution in [1.29, 1.82) is 5.26 Å². The number of carbonyl (C=O) groups is 1. The molecule has 7 heteroatoms. The number of nitrogens with zero attached hydrogens (tertiary/aromatic N) is 5. The van der Waals surface area contributed by atoms with Crippen LogP contribution in [0.15, 0.2) is 53.3 Å². The summed E-state index contributed by atoms with van der Waals surface area (Å²) >= 11 is 0. The van der Waals surface area contributed by atoms with Gasteiger partial charge in [0.25, 0.3) is 5.91 Å². The second-order valence-electron chi connectivity index (χ2n) is 6.68. The number of hydrogen-bond acceptors (Lipinski definition) is 6. The van der Waals surface area contributed by atoms with Crippen LogP contribution < -0.4 is 0 Å². The summed E-state index contributed by atoms with van der Waals surface area (Å²) in [6, 6.07) is 12.4. The van der Waals surface area contributed by atoms with Crippen LogP contribution in [-0.4, -0.2) is 39.0 Å². The topological polar surface area (TPSA) is 95.9 Å². The van der Waals surface area contributed by atoms with Gasteiger partial charge in [-0.25, -0.2) is 0 Å².